The van der Waals surface area contributed by atoms with Crippen LogP contribution in [0.5, 0.6) is 5.75 Å². The molecule has 0 spiro atoms. The number of nitrogens with one attached hydrogen (secondary N) is 1. The lowest BCUT2D eigenvalue weighted by Crippen LogP contribution is -2.16. The van der Waals surface area contributed by atoms with Gasteiger partial charge in [-0.25, -0.2) is 0 Å². The largest absolute Gasteiger partial charge is 0.486 e. The van der Waals surface area contributed by atoms with Crippen molar-refractivity contribution in [2.45, 2.75) is 18.7 Å². The first kappa shape index (κ1) is 17.8. The molecule has 23 heavy (non-hydrogen) atoms. The summed E-state index contributed by atoms with van der Waals surface area (Å²) in [6.45, 7) is 0.734. The molecule has 1 N–H and O–H groups in total. The Hall–Kier alpha value is -1.53. The quantitative estimate of drug-likeness (QED) is 0.735. The van der Waals surface area contributed by atoms with E-state index in [0.29, 0.717) is 12.2 Å². The molecule has 2 rings (SSSR count). The van der Waals surface area contributed by atoms with Crippen LogP contribution < -0.4 is 10.1 Å². The van der Waals surface area contributed by atoms with Crippen molar-refractivity contribution in [1.29, 1.82) is 0 Å². The van der Waals surface area contributed by atoms with Crippen LogP contribution in [-0.2, 0) is 6.18 Å². The molecule has 0 aliphatic heterocycles. The summed E-state index contributed by atoms with van der Waals surface area (Å²) in [5.74, 6) is 0.416. The molecule has 0 saturated heterocycles. The van der Waals surface area contributed by atoms with E-state index in [2.05, 4.69) is 21.2 Å². The van der Waals surface area contributed by atoms with Gasteiger partial charge in [0.05, 0.1) is 5.56 Å². The molecule has 1 unspecified atom stereocenters. The van der Waals surface area contributed by atoms with Gasteiger partial charge in [0.25, 0.3) is 0 Å². The number of hydrogen-bond donors (Lipinski definition) is 1. The summed E-state index contributed by atoms with van der Waals surface area (Å²) in [5, 5.41) is 3.06. The number of hydrogen-bond acceptors (Lipinski definition) is 2. The van der Waals surface area contributed by atoms with Gasteiger partial charge in [-0.1, -0.05) is 28.1 Å². The van der Waals surface area contributed by atoms with Crippen LogP contribution in [0.25, 0.3) is 0 Å². The van der Waals surface area contributed by atoms with Gasteiger partial charge in [-0.2, -0.15) is 13.2 Å². The van der Waals surface area contributed by atoms with Gasteiger partial charge in [-0.05, 0) is 55.6 Å². The first-order valence-corrected chi connectivity index (χ1v) is 7.93. The van der Waals surface area contributed by atoms with Gasteiger partial charge in [0.1, 0.15) is 11.9 Å². The van der Waals surface area contributed by atoms with Crippen molar-refractivity contribution >= 4 is 15.9 Å². The Morgan fingerprint density at radius 3 is 2.39 bits per heavy atom. The average Bonchev–Trinajstić information content (AvgIpc) is 2.51. The zero-order valence-electron chi connectivity index (χ0n) is 12.5. The van der Waals surface area contributed by atoms with Gasteiger partial charge in [0.15, 0.2) is 0 Å². The van der Waals surface area contributed by atoms with E-state index >= 15 is 0 Å². The first-order chi connectivity index (χ1) is 10.9. The minimum absolute atomic E-state index is 0.239. The second-order valence-electron chi connectivity index (χ2n) is 5.08. The van der Waals surface area contributed by atoms with Crippen molar-refractivity contribution in [3.05, 3.63) is 64.1 Å². The van der Waals surface area contributed by atoms with E-state index in [-0.39, 0.29) is 6.10 Å². The molecule has 0 bridgehead atoms. The summed E-state index contributed by atoms with van der Waals surface area (Å²) in [6, 6.07) is 12.5. The Morgan fingerprint density at radius 1 is 1.13 bits per heavy atom. The van der Waals surface area contributed by atoms with E-state index in [9.17, 15) is 13.2 Å². The Labute approximate surface area is 141 Å². The number of ether oxygens (including phenoxy) is 1. The van der Waals surface area contributed by atoms with Crippen molar-refractivity contribution in [1.82, 2.24) is 5.32 Å². The Kier molecular flexibility index (Phi) is 6.07. The molecule has 2 nitrogen and oxygen atoms in total. The van der Waals surface area contributed by atoms with Crippen molar-refractivity contribution in [2.24, 2.45) is 0 Å². The van der Waals surface area contributed by atoms with Crippen LogP contribution >= 0.6 is 15.9 Å². The maximum atomic E-state index is 12.6. The van der Waals surface area contributed by atoms with E-state index in [4.69, 9.17) is 4.74 Å². The predicted molar refractivity (Wildman–Crippen MR) is 87.5 cm³/mol. The standard InChI is InChI=1S/C17H17BrF3NO/c1-22-10-9-16(12-3-2-4-14(18)11-12)23-15-7-5-13(6-8-15)17(19,20)21/h2-8,11,16,22H,9-10H2,1H3. The molecule has 0 fully saturated rings. The van der Waals surface area contributed by atoms with Crippen LogP contribution in [0.1, 0.15) is 23.7 Å². The maximum Gasteiger partial charge on any atom is 0.416 e. The number of benzene rings is 2. The van der Waals surface area contributed by atoms with E-state index in [1.165, 1.54) is 12.1 Å². The minimum atomic E-state index is -4.34. The van der Waals surface area contributed by atoms with Gasteiger partial charge in [0.2, 0.25) is 0 Å². The van der Waals surface area contributed by atoms with Gasteiger partial charge in [0, 0.05) is 10.9 Å². The fourth-order valence-corrected chi connectivity index (χ4v) is 2.58. The van der Waals surface area contributed by atoms with Gasteiger partial charge in [-0.3, -0.25) is 0 Å². The summed E-state index contributed by atoms with van der Waals surface area (Å²) < 4.78 is 44.6. The highest BCUT2D eigenvalue weighted by atomic mass is 79.9. The third kappa shape index (κ3) is 5.25. The lowest BCUT2D eigenvalue weighted by Gasteiger charge is -2.20. The number of alkyl halides is 3. The molecule has 2 aromatic rings. The van der Waals surface area contributed by atoms with Crippen molar-refractivity contribution in [3.63, 3.8) is 0 Å². The van der Waals surface area contributed by atoms with Crippen LogP contribution in [0.4, 0.5) is 13.2 Å². The number of halogens is 4. The van der Waals surface area contributed by atoms with E-state index in [0.717, 1.165) is 28.7 Å². The van der Waals surface area contributed by atoms with Crippen LogP contribution in [0.15, 0.2) is 53.0 Å². The molecule has 1 atom stereocenters. The molecular formula is C17H17BrF3NO. The van der Waals surface area contributed by atoms with E-state index in [1.807, 2.05) is 31.3 Å². The monoisotopic (exact) mass is 387 g/mol. The summed E-state index contributed by atoms with van der Waals surface area (Å²) in [5.41, 5.74) is 0.286. The third-order valence-electron chi connectivity index (χ3n) is 3.34. The first-order valence-electron chi connectivity index (χ1n) is 7.14. The van der Waals surface area contributed by atoms with E-state index in [1.54, 1.807) is 0 Å². The Bertz CT molecular complexity index is 628. The Morgan fingerprint density at radius 2 is 1.83 bits per heavy atom. The van der Waals surface area contributed by atoms with Crippen LogP contribution in [-0.4, -0.2) is 13.6 Å². The SMILES string of the molecule is CNCCC(Oc1ccc(C(F)(F)F)cc1)c1cccc(Br)c1. The average molecular weight is 388 g/mol. The van der Waals surface area contributed by atoms with Crippen LogP contribution in [0, 0.1) is 0 Å². The van der Waals surface area contributed by atoms with Gasteiger partial charge >= 0.3 is 6.18 Å². The maximum absolute atomic E-state index is 12.6. The third-order valence-corrected chi connectivity index (χ3v) is 3.83. The van der Waals surface area contributed by atoms with Crippen molar-refractivity contribution in [3.8, 4) is 5.75 Å². The molecule has 0 aliphatic carbocycles. The second-order valence-corrected chi connectivity index (χ2v) is 5.99. The summed E-state index contributed by atoms with van der Waals surface area (Å²) in [4.78, 5) is 0. The van der Waals surface area contributed by atoms with Crippen LogP contribution in [0.2, 0.25) is 0 Å². The summed E-state index contributed by atoms with van der Waals surface area (Å²) in [6.07, 6.45) is -3.88. The summed E-state index contributed by atoms with van der Waals surface area (Å²) >= 11 is 3.42. The number of rotatable bonds is 6. The zero-order chi connectivity index (χ0) is 16.9. The van der Waals surface area contributed by atoms with Gasteiger partial charge < -0.3 is 10.1 Å². The van der Waals surface area contributed by atoms with Crippen molar-refractivity contribution < 1.29 is 17.9 Å². The fraction of sp³-hybridized carbons (Fsp3) is 0.294. The predicted octanol–water partition coefficient (Wildman–Crippen LogP) is 5.20. The molecule has 124 valence electrons. The normalized spacial score (nSPS) is 12.9. The lowest BCUT2D eigenvalue weighted by molar-refractivity contribution is -0.137. The highest BCUT2D eigenvalue weighted by Gasteiger charge is 2.30. The zero-order valence-corrected chi connectivity index (χ0v) is 14.1. The molecule has 0 aromatic heterocycles. The highest BCUT2D eigenvalue weighted by molar-refractivity contribution is 9.10. The topological polar surface area (TPSA) is 21.3 Å². The lowest BCUT2D eigenvalue weighted by atomic mass is 10.1. The van der Waals surface area contributed by atoms with Crippen LogP contribution in [0.3, 0.4) is 0 Å². The molecule has 0 radical (unpaired) electrons. The molecule has 6 heteroatoms. The molecule has 2 aromatic carbocycles. The molecule has 0 heterocycles. The minimum Gasteiger partial charge on any atom is -0.486 e. The second kappa shape index (κ2) is 7.84. The molecule has 0 amide bonds. The van der Waals surface area contributed by atoms with E-state index < -0.39 is 11.7 Å². The molecular weight excluding hydrogens is 371 g/mol. The summed E-state index contributed by atoms with van der Waals surface area (Å²) in [7, 11) is 1.84. The Balaban J connectivity index is 2.17. The smallest absolute Gasteiger partial charge is 0.416 e. The highest BCUT2D eigenvalue weighted by Crippen LogP contribution is 2.32. The van der Waals surface area contributed by atoms with Crippen molar-refractivity contribution in [2.75, 3.05) is 13.6 Å². The molecule has 0 saturated carbocycles. The van der Waals surface area contributed by atoms with Gasteiger partial charge in [-0.15, -0.1) is 0 Å². The fourth-order valence-electron chi connectivity index (χ4n) is 2.16. The molecule has 0 aliphatic rings.